The largest absolute Gasteiger partial charge is 0.381 e. The number of aliphatic imine (C=N–C) groups is 1. The van der Waals surface area contributed by atoms with Gasteiger partial charge in [-0.3, -0.25) is 9.79 Å². The third kappa shape index (κ3) is 10.3. The van der Waals surface area contributed by atoms with Gasteiger partial charge in [0.15, 0.2) is 5.96 Å². The number of halogens is 1. The Labute approximate surface area is 191 Å². The van der Waals surface area contributed by atoms with Crippen LogP contribution in [0, 0.1) is 5.92 Å². The second-order valence-corrected chi connectivity index (χ2v) is 6.97. The van der Waals surface area contributed by atoms with Gasteiger partial charge in [0.05, 0.1) is 13.2 Å². The Morgan fingerprint density at radius 3 is 2.86 bits per heavy atom. The highest BCUT2D eigenvalue weighted by molar-refractivity contribution is 14.0. The van der Waals surface area contributed by atoms with Gasteiger partial charge in [0, 0.05) is 51.4 Å². The summed E-state index contributed by atoms with van der Waals surface area (Å²) in [6.07, 6.45) is 2.95. The molecular formula is C21H35IN4O3. The molecule has 3 N–H and O–H groups in total. The summed E-state index contributed by atoms with van der Waals surface area (Å²) in [5.74, 6) is 1.27. The zero-order valence-electron chi connectivity index (χ0n) is 17.5. The van der Waals surface area contributed by atoms with E-state index in [1.807, 2.05) is 31.2 Å². The van der Waals surface area contributed by atoms with Crippen LogP contribution in [0.25, 0.3) is 0 Å². The zero-order valence-corrected chi connectivity index (χ0v) is 19.9. The topological polar surface area (TPSA) is 84.0 Å². The second-order valence-electron chi connectivity index (χ2n) is 6.97. The molecular weight excluding hydrogens is 483 g/mol. The molecule has 1 aromatic carbocycles. The number of hydrogen-bond acceptors (Lipinski definition) is 4. The first-order chi connectivity index (χ1) is 13.7. The summed E-state index contributed by atoms with van der Waals surface area (Å²) in [5.41, 5.74) is 1.72. The van der Waals surface area contributed by atoms with Crippen LogP contribution >= 0.6 is 24.0 Å². The number of hydrogen-bond donors (Lipinski definition) is 3. The number of guanidine groups is 1. The van der Waals surface area contributed by atoms with E-state index in [9.17, 15) is 4.79 Å². The molecule has 8 heteroatoms. The number of rotatable bonds is 11. The average molecular weight is 518 g/mol. The molecule has 1 fully saturated rings. The Kier molecular flexibility index (Phi) is 13.7. The SMILES string of the molecule is CCCNC(=O)c1cccc(CNC(=NC)NCCCOCC2CCOC2)c1.I. The van der Waals surface area contributed by atoms with Crippen molar-refractivity contribution in [2.24, 2.45) is 10.9 Å². The minimum atomic E-state index is -0.0321. The van der Waals surface area contributed by atoms with Gasteiger partial charge in [-0.25, -0.2) is 0 Å². The quantitative estimate of drug-likeness (QED) is 0.182. The molecule has 7 nitrogen and oxygen atoms in total. The number of nitrogens with zero attached hydrogens (tertiary/aromatic N) is 1. The lowest BCUT2D eigenvalue weighted by Gasteiger charge is -2.13. The van der Waals surface area contributed by atoms with Crippen molar-refractivity contribution in [3.05, 3.63) is 35.4 Å². The number of carbonyl (C=O) groups excluding carboxylic acids is 1. The predicted octanol–water partition coefficient (Wildman–Crippen LogP) is 2.55. The van der Waals surface area contributed by atoms with E-state index in [0.717, 1.165) is 63.8 Å². The van der Waals surface area contributed by atoms with Crippen molar-refractivity contribution in [1.29, 1.82) is 0 Å². The molecule has 0 aromatic heterocycles. The molecule has 1 heterocycles. The molecule has 0 radical (unpaired) electrons. The van der Waals surface area contributed by atoms with Crippen molar-refractivity contribution in [3.8, 4) is 0 Å². The van der Waals surface area contributed by atoms with Crippen molar-refractivity contribution in [2.75, 3.05) is 46.6 Å². The molecule has 1 amide bonds. The Bertz CT molecular complexity index is 622. The normalized spacial score (nSPS) is 16.2. The van der Waals surface area contributed by atoms with Crippen LogP contribution in [0.3, 0.4) is 0 Å². The van der Waals surface area contributed by atoms with Crippen LogP contribution in [0.1, 0.15) is 42.1 Å². The number of benzene rings is 1. The van der Waals surface area contributed by atoms with E-state index in [4.69, 9.17) is 9.47 Å². The third-order valence-electron chi connectivity index (χ3n) is 4.54. The Morgan fingerprint density at radius 2 is 2.14 bits per heavy atom. The number of nitrogens with one attached hydrogen (secondary N) is 3. The van der Waals surface area contributed by atoms with Crippen LogP contribution in [0.5, 0.6) is 0 Å². The van der Waals surface area contributed by atoms with E-state index < -0.39 is 0 Å². The van der Waals surface area contributed by atoms with Gasteiger partial charge in [0.25, 0.3) is 5.91 Å². The third-order valence-corrected chi connectivity index (χ3v) is 4.54. The van der Waals surface area contributed by atoms with Gasteiger partial charge >= 0.3 is 0 Å². The Hall–Kier alpha value is -1.39. The fraction of sp³-hybridized carbons (Fsp3) is 0.619. The number of amides is 1. The van der Waals surface area contributed by atoms with Gasteiger partial charge < -0.3 is 25.4 Å². The highest BCUT2D eigenvalue weighted by Gasteiger charge is 2.15. The first-order valence-corrected chi connectivity index (χ1v) is 10.2. The summed E-state index contributed by atoms with van der Waals surface area (Å²) in [5, 5.41) is 9.47. The highest BCUT2D eigenvalue weighted by atomic mass is 127. The fourth-order valence-electron chi connectivity index (χ4n) is 2.92. The molecule has 164 valence electrons. The monoisotopic (exact) mass is 518 g/mol. The van der Waals surface area contributed by atoms with Gasteiger partial charge in [-0.15, -0.1) is 24.0 Å². The number of ether oxygens (including phenoxy) is 2. The van der Waals surface area contributed by atoms with Gasteiger partial charge in [-0.2, -0.15) is 0 Å². The second kappa shape index (κ2) is 15.4. The number of carbonyl (C=O) groups is 1. The van der Waals surface area contributed by atoms with Crippen LogP contribution in [-0.4, -0.2) is 58.4 Å². The summed E-state index contributed by atoms with van der Waals surface area (Å²) in [4.78, 5) is 16.3. The van der Waals surface area contributed by atoms with E-state index in [1.54, 1.807) is 7.05 Å². The van der Waals surface area contributed by atoms with Gasteiger partial charge in [0.2, 0.25) is 0 Å². The molecule has 29 heavy (non-hydrogen) atoms. The summed E-state index contributed by atoms with van der Waals surface area (Å²) < 4.78 is 11.1. The van der Waals surface area contributed by atoms with Gasteiger partial charge in [0.1, 0.15) is 0 Å². The van der Waals surface area contributed by atoms with Crippen LogP contribution < -0.4 is 16.0 Å². The zero-order chi connectivity index (χ0) is 20.0. The van der Waals surface area contributed by atoms with E-state index in [1.165, 1.54) is 0 Å². The molecule has 2 rings (SSSR count). The lowest BCUT2D eigenvalue weighted by atomic mass is 10.1. The molecule has 0 saturated carbocycles. The Balaban J connectivity index is 0.00000420. The molecule has 1 saturated heterocycles. The van der Waals surface area contributed by atoms with Crippen LogP contribution in [-0.2, 0) is 16.0 Å². The standard InChI is InChI=1S/C21H34N4O3.HI/c1-3-9-23-20(26)19-7-4-6-17(13-19)14-25-21(22-2)24-10-5-11-27-15-18-8-12-28-16-18;/h4,6-7,13,18H,3,5,8-12,14-16H2,1-2H3,(H,23,26)(H2,22,24,25);1H. The van der Waals surface area contributed by atoms with E-state index in [0.29, 0.717) is 24.6 Å². The van der Waals surface area contributed by atoms with Gasteiger partial charge in [-0.1, -0.05) is 19.1 Å². The highest BCUT2D eigenvalue weighted by Crippen LogP contribution is 2.12. The molecule has 1 aliphatic heterocycles. The smallest absolute Gasteiger partial charge is 0.251 e. The van der Waals surface area contributed by atoms with Crippen molar-refractivity contribution < 1.29 is 14.3 Å². The van der Waals surface area contributed by atoms with Gasteiger partial charge in [-0.05, 0) is 37.0 Å². The molecule has 0 bridgehead atoms. The minimum Gasteiger partial charge on any atom is -0.381 e. The average Bonchev–Trinajstić information content (AvgIpc) is 3.24. The molecule has 1 aromatic rings. The predicted molar refractivity (Wildman–Crippen MR) is 127 cm³/mol. The van der Waals surface area contributed by atoms with Crippen LogP contribution in [0.4, 0.5) is 0 Å². The van der Waals surface area contributed by atoms with Crippen LogP contribution in [0.15, 0.2) is 29.3 Å². The molecule has 0 spiro atoms. The summed E-state index contributed by atoms with van der Waals surface area (Å²) in [6.45, 7) is 7.34. The lowest BCUT2D eigenvalue weighted by Crippen LogP contribution is -2.37. The first-order valence-electron chi connectivity index (χ1n) is 10.2. The maximum Gasteiger partial charge on any atom is 0.251 e. The summed E-state index contributed by atoms with van der Waals surface area (Å²) in [6, 6.07) is 7.64. The van der Waals surface area contributed by atoms with Crippen molar-refractivity contribution >= 4 is 35.8 Å². The summed E-state index contributed by atoms with van der Waals surface area (Å²) >= 11 is 0. The van der Waals surface area contributed by atoms with Crippen molar-refractivity contribution in [1.82, 2.24) is 16.0 Å². The fourth-order valence-corrected chi connectivity index (χ4v) is 2.92. The minimum absolute atomic E-state index is 0. The van der Waals surface area contributed by atoms with E-state index >= 15 is 0 Å². The molecule has 1 aliphatic rings. The van der Waals surface area contributed by atoms with E-state index in [-0.39, 0.29) is 29.9 Å². The van der Waals surface area contributed by atoms with Crippen molar-refractivity contribution in [2.45, 2.75) is 32.7 Å². The van der Waals surface area contributed by atoms with Crippen molar-refractivity contribution in [3.63, 3.8) is 0 Å². The van der Waals surface area contributed by atoms with Crippen LogP contribution in [0.2, 0.25) is 0 Å². The lowest BCUT2D eigenvalue weighted by molar-refractivity contribution is 0.0888. The Morgan fingerprint density at radius 1 is 1.28 bits per heavy atom. The maximum absolute atomic E-state index is 12.1. The van der Waals surface area contributed by atoms with E-state index in [2.05, 4.69) is 20.9 Å². The molecule has 1 unspecified atom stereocenters. The summed E-state index contributed by atoms with van der Waals surface area (Å²) in [7, 11) is 1.75. The molecule has 0 aliphatic carbocycles. The molecule has 1 atom stereocenters. The first kappa shape index (κ1) is 25.6. The maximum atomic E-state index is 12.1.